The highest BCUT2D eigenvalue weighted by atomic mass is 35.5. The first-order valence-electron chi connectivity index (χ1n) is 8.43. The number of hydrogen-bond acceptors (Lipinski definition) is 3. The predicted octanol–water partition coefficient (Wildman–Crippen LogP) is 5.74. The third-order valence-corrected chi connectivity index (χ3v) is 4.82. The first-order chi connectivity index (χ1) is 12.7. The molecule has 4 nitrogen and oxygen atoms in total. The quantitative estimate of drug-likeness (QED) is 0.451. The molecule has 0 bridgehead atoms. The molecule has 0 radical (unpaired) electrons. The summed E-state index contributed by atoms with van der Waals surface area (Å²) in [5.41, 5.74) is 4.50. The van der Waals surface area contributed by atoms with Gasteiger partial charge < -0.3 is 0 Å². The van der Waals surface area contributed by atoms with Crippen LogP contribution in [-0.2, 0) is 6.42 Å². The Bertz CT molecular complexity index is 1070. The molecule has 0 spiro atoms. The molecule has 0 atom stereocenters. The maximum atomic E-state index is 6.46. The molecule has 0 aliphatic heterocycles. The van der Waals surface area contributed by atoms with Crippen molar-refractivity contribution in [2.75, 3.05) is 0 Å². The van der Waals surface area contributed by atoms with Gasteiger partial charge in [-0.1, -0.05) is 60.8 Å². The van der Waals surface area contributed by atoms with E-state index in [2.05, 4.69) is 17.1 Å². The van der Waals surface area contributed by atoms with Crippen LogP contribution in [0.2, 0.25) is 10.0 Å². The average Bonchev–Trinajstić information content (AvgIpc) is 3.03. The lowest BCUT2D eigenvalue weighted by Gasteiger charge is -2.10. The van der Waals surface area contributed by atoms with Gasteiger partial charge in [0, 0.05) is 10.6 Å². The second-order valence-electron chi connectivity index (χ2n) is 6.02. The lowest BCUT2D eigenvalue weighted by Crippen LogP contribution is -2.00. The van der Waals surface area contributed by atoms with Crippen LogP contribution in [0.5, 0.6) is 0 Å². The molecule has 0 aliphatic carbocycles. The summed E-state index contributed by atoms with van der Waals surface area (Å²) >= 11 is 12.5. The van der Waals surface area contributed by atoms with Crippen LogP contribution in [0, 0.1) is 0 Å². The van der Waals surface area contributed by atoms with Crippen LogP contribution >= 0.6 is 23.2 Å². The van der Waals surface area contributed by atoms with E-state index in [4.69, 9.17) is 28.3 Å². The predicted molar refractivity (Wildman–Crippen MR) is 106 cm³/mol. The van der Waals surface area contributed by atoms with E-state index in [0.29, 0.717) is 10.0 Å². The van der Waals surface area contributed by atoms with Crippen LogP contribution < -0.4 is 0 Å². The highest BCUT2D eigenvalue weighted by Gasteiger charge is 2.20. The minimum Gasteiger partial charge on any atom is -0.230 e. The molecule has 0 unspecified atom stereocenters. The first kappa shape index (κ1) is 17.0. The molecule has 4 rings (SSSR count). The summed E-state index contributed by atoms with van der Waals surface area (Å²) in [5, 5.41) is 15.6. The van der Waals surface area contributed by atoms with Gasteiger partial charge in [0.1, 0.15) is 5.52 Å². The fourth-order valence-electron chi connectivity index (χ4n) is 3.10. The SMILES string of the molecule is CCCc1nncc2nn(-c3ccccc3Cl)c(-c3ccc(Cl)cc3)c12. The zero-order chi connectivity index (χ0) is 18.1. The minimum atomic E-state index is 0.633. The maximum absolute atomic E-state index is 6.46. The van der Waals surface area contributed by atoms with E-state index in [-0.39, 0.29) is 0 Å². The monoisotopic (exact) mass is 382 g/mol. The van der Waals surface area contributed by atoms with Gasteiger partial charge in [0.15, 0.2) is 0 Å². The van der Waals surface area contributed by atoms with E-state index >= 15 is 0 Å². The van der Waals surface area contributed by atoms with Crippen LogP contribution in [0.1, 0.15) is 19.0 Å². The van der Waals surface area contributed by atoms with Crippen molar-refractivity contribution in [1.82, 2.24) is 20.0 Å². The number of rotatable bonds is 4. The Hall–Kier alpha value is -2.43. The number of fused-ring (bicyclic) bond motifs is 1. The second-order valence-corrected chi connectivity index (χ2v) is 6.86. The van der Waals surface area contributed by atoms with Crippen LogP contribution in [0.4, 0.5) is 0 Å². The van der Waals surface area contributed by atoms with Gasteiger partial charge in [-0.05, 0) is 30.7 Å². The third-order valence-electron chi connectivity index (χ3n) is 4.24. The zero-order valence-electron chi connectivity index (χ0n) is 14.2. The van der Waals surface area contributed by atoms with Gasteiger partial charge >= 0.3 is 0 Å². The summed E-state index contributed by atoms with van der Waals surface area (Å²) in [6, 6.07) is 15.4. The smallest absolute Gasteiger partial charge is 0.115 e. The van der Waals surface area contributed by atoms with E-state index in [1.54, 1.807) is 6.20 Å². The normalized spacial score (nSPS) is 11.2. The highest BCUT2D eigenvalue weighted by Crippen LogP contribution is 2.35. The summed E-state index contributed by atoms with van der Waals surface area (Å²) in [6.07, 6.45) is 3.51. The van der Waals surface area contributed by atoms with Crippen molar-refractivity contribution in [3.63, 3.8) is 0 Å². The lowest BCUT2D eigenvalue weighted by molar-refractivity contribution is 0.852. The van der Waals surface area contributed by atoms with Gasteiger partial charge in [-0.15, -0.1) is 0 Å². The van der Waals surface area contributed by atoms with Crippen molar-refractivity contribution in [3.8, 4) is 16.9 Å². The Balaban J connectivity index is 2.08. The number of hydrogen-bond donors (Lipinski definition) is 0. The van der Waals surface area contributed by atoms with E-state index in [0.717, 1.165) is 46.4 Å². The fraction of sp³-hybridized carbons (Fsp3) is 0.150. The molecule has 0 N–H and O–H groups in total. The number of nitrogens with zero attached hydrogens (tertiary/aromatic N) is 4. The van der Waals surface area contributed by atoms with Crippen molar-refractivity contribution < 1.29 is 0 Å². The molecule has 6 heteroatoms. The topological polar surface area (TPSA) is 43.6 Å². The summed E-state index contributed by atoms with van der Waals surface area (Å²) in [5.74, 6) is 0. The van der Waals surface area contributed by atoms with Crippen molar-refractivity contribution in [2.45, 2.75) is 19.8 Å². The number of halogens is 2. The number of benzene rings is 2. The molecule has 0 aliphatic rings. The first-order valence-corrected chi connectivity index (χ1v) is 9.18. The molecule has 2 aromatic carbocycles. The van der Waals surface area contributed by atoms with Crippen LogP contribution in [0.3, 0.4) is 0 Å². The van der Waals surface area contributed by atoms with E-state index < -0.39 is 0 Å². The Morgan fingerprint density at radius 3 is 2.50 bits per heavy atom. The molecule has 0 fully saturated rings. The molecule has 4 aromatic rings. The van der Waals surface area contributed by atoms with Gasteiger partial charge in [-0.25, -0.2) is 4.68 Å². The summed E-state index contributed by atoms with van der Waals surface area (Å²) in [6.45, 7) is 2.13. The Kier molecular flexibility index (Phi) is 4.62. The largest absolute Gasteiger partial charge is 0.230 e. The Morgan fingerprint density at radius 1 is 1.00 bits per heavy atom. The molecular formula is C20H16Cl2N4. The van der Waals surface area contributed by atoms with Gasteiger partial charge in [0.05, 0.1) is 33.7 Å². The number of para-hydroxylation sites is 1. The van der Waals surface area contributed by atoms with Crippen molar-refractivity contribution in [2.24, 2.45) is 0 Å². The Labute approximate surface area is 161 Å². The third kappa shape index (κ3) is 2.96. The van der Waals surface area contributed by atoms with Gasteiger partial charge in [-0.2, -0.15) is 15.3 Å². The number of aryl methyl sites for hydroxylation is 1. The fourth-order valence-corrected chi connectivity index (χ4v) is 3.44. The minimum absolute atomic E-state index is 0.633. The molecule has 2 heterocycles. The molecule has 26 heavy (non-hydrogen) atoms. The molecule has 0 amide bonds. The van der Waals surface area contributed by atoms with E-state index in [9.17, 15) is 0 Å². The number of aromatic nitrogens is 4. The van der Waals surface area contributed by atoms with Crippen molar-refractivity contribution >= 4 is 34.1 Å². The summed E-state index contributed by atoms with van der Waals surface area (Å²) in [4.78, 5) is 0. The van der Waals surface area contributed by atoms with Gasteiger partial charge in [-0.3, -0.25) is 0 Å². The van der Waals surface area contributed by atoms with E-state index in [1.165, 1.54) is 0 Å². The Morgan fingerprint density at radius 2 is 1.77 bits per heavy atom. The lowest BCUT2D eigenvalue weighted by atomic mass is 10.0. The molecule has 130 valence electrons. The highest BCUT2D eigenvalue weighted by molar-refractivity contribution is 6.32. The zero-order valence-corrected chi connectivity index (χ0v) is 15.7. The van der Waals surface area contributed by atoms with Crippen LogP contribution in [0.15, 0.2) is 54.7 Å². The summed E-state index contributed by atoms with van der Waals surface area (Å²) in [7, 11) is 0. The molecule has 2 aromatic heterocycles. The van der Waals surface area contributed by atoms with Gasteiger partial charge in [0.2, 0.25) is 0 Å². The molecular weight excluding hydrogens is 367 g/mol. The van der Waals surface area contributed by atoms with E-state index in [1.807, 2.05) is 53.2 Å². The standard InChI is InChI=1S/C20H16Cl2N4/c1-2-5-16-19-17(12-23-24-16)25-26(18-7-4-3-6-15(18)22)20(19)13-8-10-14(21)11-9-13/h3-4,6-12H,2,5H2,1H3. The molecule has 0 saturated carbocycles. The van der Waals surface area contributed by atoms with Crippen LogP contribution in [0.25, 0.3) is 27.8 Å². The summed E-state index contributed by atoms with van der Waals surface area (Å²) < 4.78 is 1.87. The average molecular weight is 383 g/mol. The molecule has 0 saturated heterocycles. The van der Waals surface area contributed by atoms with Crippen LogP contribution in [-0.4, -0.2) is 20.0 Å². The maximum Gasteiger partial charge on any atom is 0.115 e. The van der Waals surface area contributed by atoms with Gasteiger partial charge in [0.25, 0.3) is 0 Å². The van der Waals surface area contributed by atoms with Crippen molar-refractivity contribution in [1.29, 1.82) is 0 Å². The van der Waals surface area contributed by atoms with Crippen molar-refractivity contribution in [3.05, 3.63) is 70.5 Å². The second kappa shape index (κ2) is 7.06.